The summed E-state index contributed by atoms with van der Waals surface area (Å²) >= 11 is 0. The molecule has 0 fully saturated rings. The fraction of sp³-hybridized carbons (Fsp3) is 0. The first-order valence-electron chi connectivity index (χ1n) is 2.59. The molecule has 1 aromatic rings. The normalized spacial score (nSPS) is 11.7. The first-order chi connectivity index (χ1) is 4.30. The average Bonchev–Trinajstić information content (AvgIpc) is 1.90. The molecule has 0 saturated heterocycles. The van der Waals surface area contributed by atoms with Gasteiger partial charge in [0.25, 0.3) is 0 Å². The van der Waals surface area contributed by atoms with E-state index in [1.54, 1.807) is 24.3 Å². The van der Waals surface area contributed by atoms with Gasteiger partial charge in [-0.1, -0.05) is 18.2 Å². The van der Waals surface area contributed by atoms with E-state index in [1.165, 1.54) is 0 Å². The van der Waals surface area contributed by atoms with Crippen LogP contribution in [0.2, 0.25) is 0 Å². The van der Waals surface area contributed by atoms with Gasteiger partial charge in [-0.25, -0.2) is 0 Å². The van der Waals surface area contributed by atoms with E-state index in [2.05, 4.69) is 0 Å². The molecule has 2 nitrogen and oxygen atoms in total. The number of hydrogen-bond acceptors (Lipinski definition) is 1. The van der Waals surface area contributed by atoms with Crippen molar-refractivity contribution in [3.05, 3.63) is 30.3 Å². The summed E-state index contributed by atoms with van der Waals surface area (Å²) in [4.78, 5) is 8.57. The van der Waals surface area contributed by atoms with Crippen molar-refractivity contribution in [3.8, 4) is 0 Å². The average molecular weight is 166 g/mol. The summed E-state index contributed by atoms with van der Waals surface area (Å²) in [6.45, 7) is 0. The molecule has 4 heteroatoms. The molecule has 0 bridgehead atoms. The molecule has 1 unspecified atom stereocenters. The van der Waals surface area contributed by atoms with Crippen molar-refractivity contribution in [2.45, 2.75) is 0 Å². The molecule has 0 saturated carbocycles. The van der Waals surface area contributed by atoms with Gasteiger partial charge in [0, 0.05) is 5.30 Å². The van der Waals surface area contributed by atoms with Gasteiger partial charge in [-0.05, 0) is 12.1 Å². The molecule has 0 radical (unpaired) electrons. The number of benzene rings is 1. The first-order valence-corrected chi connectivity index (χ1v) is 3.94. The van der Waals surface area contributed by atoms with Crippen LogP contribution in [0.3, 0.4) is 0 Å². The Balaban J connectivity index is 0.000000810. The Bertz CT molecular complexity index is 212. The van der Waals surface area contributed by atoms with Crippen LogP contribution in [0.15, 0.2) is 30.3 Å². The maximum atomic E-state index is 10.4. The molecule has 1 rings (SSSR count). The molecule has 0 spiro atoms. The van der Waals surface area contributed by atoms with Gasteiger partial charge in [0.05, 0.1) is 0 Å². The third-order valence-electron chi connectivity index (χ3n) is 1.02. The van der Waals surface area contributed by atoms with Gasteiger partial charge in [-0.3, -0.25) is 4.57 Å². The van der Waals surface area contributed by atoms with E-state index in [1.807, 2.05) is 6.07 Å². The number of hydrogen-bond donors (Lipinski definition) is 1. The molecule has 0 aliphatic rings. The van der Waals surface area contributed by atoms with E-state index in [0.29, 0.717) is 5.30 Å². The predicted molar refractivity (Wildman–Crippen MR) is 44.4 cm³/mol. The molecule has 50 valence electrons. The summed E-state index contributed by atoms with van der Waals surface area (Å²) in [5, 5.41) is 0.516. The van der Waals surface area contributed by atoms with Crippen molar-refractivity contribution >= 4 is 42.9 Å². The number of rotatable bonds is 1. The second kappa shape index (κ2) is 5.11. The third kappa shape index (κ3) is 3.00. The summed E-state index contributed by atoms with van der Waals surface area (Å²) in [5.74, 6) is 0. The Morgan fingerprint density at radius 1 is 1.20 bits per heavy atom. The van der Waals surface area contributed by atoms with Crippen molar-refractivity contribution < 1.29 is 9.46 Å². The Hall–Kier alpha value is 0.410. The van der Waals surface area contributed by atoms with Gasteiger partial charge in [-0.2, -0.15) is 0 Å². The van der Waals surface area contributed by atoms with Gasteiger partial charge >= 0.3 is 29.6 Å². The summed E-state index contributed by atoms with van der Waals surface area (Å²) in [5.41, 5.74) is 0. The maximum absolute atomic E-state index is 10.4. The predicted octanol–water partition coefficient (Wildman–Crippen LogP) is 0.130. The van der Waals surface area contributed by atoms with Crippen molar-refractivity contribution in [2.75, 3.05) is 0 Å². The zero-order chi connectivity index (χ0) is 6.69. The van der Waals surface area contributed by atoms with Crippen molar-refractivity contribution in [2.24, 2.45) is 0 Å². The Kier molecular flexibility index (Phi) is 5.32. The summed E-state index contributed by atoms with van der Waals surface area (Å²) in [6, 6.07) is 8.58. The van der Waals surface area contributed by atoms with E-state index in [0.717, 1.165) is 0 Å². The molecular formula is C6H8NaO2P. The van der Waals surface area contributed by atoms with Crippen LogP contribution in [0.25, 0.3) is 0 Å². The van der Waals surface area contributed by atoms with Crippen LogP contribution in [-0.4, -0.2) is 34.5 Å². The van der Waals surface area contributed by atoms with Crippen LogP contribution in [0.5, 0.6) is 0 Å². The molecule has 1 N–H and O–H groups in total. The van der Waals surface area contributed by atoms with Crippen LogP contribution < -0.4 is 5.30 Å². The molecular weight excluding hydrogens is 158 g/mol. The van der Waals surface area contributed by atoms with Gasteiger partial charge in [0.1, 0.15) is 0 Å². The van der Waals surface area contributed by atoms with Crippen molar-refractivity contribution in [1.82, 2.24) is 0 Å². The zero-order valence-corrected chi connectivity index (χ0v) is 5.74. The van der Waals surface area contributed by atoms with E-state index in [4.69, 9.17) is 4.89 Å². The van der Waals surface area contributed by atoms with Gasteiger partial charge < -0.3 is 4.89 Å². The van der Waals surface area contributed by atoms with Crippen molar-refractivity contribution in [1.29, 1.82) is 0 Å². The minimum atomic E-state index is -2.46. The van der Waals surface area contributed by atoms with Crippen LogP contribution in [-0.2, 0) is 4.57 Å². The monoisotopic (exact) mass is 166 g/mol. The Labute approximate surface area is 82.4 Å². The summed E-state index contributed by atoms with van der Waals surface area (Å²) in [7, 11) is -2.46. The molecule has 0 aliphatic carbocycles. The standard InChI is InChI=1S/C6H7O2P.Na.H/c7-9(8)6-4-2-1-3-5-6;;/h1-5,9H,(H,7,8);;. The quantitative estimate of drug-likeness (QED) is 0.475. The molecule has 0 amide bonds. The van der Waals surface area contributed by atoms with Crippen LogP contribution in [0.4, 0.5) is 0 Å². The Morgan fingerprint density at radius 3 is 2.00 bits per heavy atom. The molecule has 10 heavy (non-hydrogen) atoms. The minimum absolute atomic E-state index is 0. The first kappa shape index (κ1) is 10.4. The van der Waals surface area contributed by atoms with Crippen molar-refractivity contribution in [3.63, 3.8) is 0 Å². The second-order valence-electron chi connectivity index (χ2n) is 1.67. The van der Waals surface area contributed by atoms with Crippen LogP contribution in [0, 0.1) is 0 Å². The topological polar surface area (TPSA) is 37.3 Å². The van der Waals surface area contributed by atoms with Crippen LogP contribution >= 0.6 is 8.03 Å². The van der Waals surface area contributed by atoms with E-state index >= 15 is 0 Å². The fourth-order valence-corrected chi connectivity index (χ4v) is 1.06. The molecule has 0 aliphatic heterocycles. The fourth-order valence-electron chi connectivity index (χ4n) is 0.581. The second-order valence-corrected chi connectivity index (χ2v) is 2.86. The van der Waals surface area contributed by atoms with E-state index in [-0.39, 0.29) is 29.6 Å². The van der Waals surface area contributed by atoms with E-state index in [9.17, 15) is 4.57 Å². The summed E-state index contributed by atoms with van der Waals surface area (Å²) < 4.78 is 10.4. The van der Waals surface area contributed by atoms with E-state index < -0.39 is 8.03 Å². The third-order valence-corrected chi connectivity index (χ3v) is 1.85. The molecule has 0 heterocycles. The van der Waals surface area contributed by atoms with Gasteiger partial charge in [0.2, 0.25) is 8.03 Å². The SMILES string of the molecule is O=[PH](O)c1ccccc1.[NaH]. The van der Waals surface area contributed by atoms with Crippen LogP contribution in [0.1, 0.15) is 0 Å². The zero-order valence-electron chi connectivity index (χ0n) is 4.74. The van der Waals surface area contributed by atoms with Gasteiger partial charge in [0.15, 0.2) is 0 Å². The van der Waals surface area contributed by atoms with Gasteiger partial charge in [-0.15, -0.1) is 0 Å². The molecule has 0 aromatic heterocycles. The molecule has 1 aromatic carbocycles. The Morgan fingerprint density at radius 2 is 1.70 bits per heavy atom. The molecule has 1 atom stereocenters. The summed E-state index contributed by atoms with van der Waals surface area (Å²) in [6.07, 6.45) is 0.